The van der Waals surface area contributed by atoms with Crippen molar-refractivity contribution < 1.29 is 8.42 Å². The maximum absolute atomic E-state index is 10.8. The molecule has 0 aliphatic rings. The molecule has 7 heteroatoms. The van der Waals surface area contributed by atoms with E-state index in [4.69, 9.17) is 0 Å². The zero-order chi connectivity index (χ0) is 10.6. The predicted octanol–water partition coefficient (Wildman–Crippen LogP) is 0.696. The monoisotopic (exact) mass is 279 g/mol. The second kappa shape index (κ2) is 4.70. The summed E-state index contributed by atoms with van der Waals surface area (Å²) in [6.45, 7) is 0.342. The van der Waals surface area contributed by atoms with Crippen LogP contribution in [0, 0.1) is 0 Å². The molecule has 0 bridgehead atoms. The predicted molar refractivity (Wildman–Crippen MR) is 57.9 cm³/mol. The molecular weight excluding hydrogens is 270 g/mol. The molecular formula is C7H10BrN3O2S. The van der Waals surface area contributed by atoms with E-state index >= 15 is 0 Å². The van der Waals surface area contributed by atoms with Gasteiger partial charge in [0, 0.05) is 19.0 Å². The number of hydrogen-bond acceptors (Lipinski definition) is 5. The average Bonchev–Trinajstić information content (AvgIpc) is 2.06. The summed E-state index contributed by atoms with van der Waals surface area (Å²) in [6.07, 6.45) is 4.19. The number of anilines is 1. The van der Waals surface area contributed by atoms with Crippen molar-refractivity contribution >= 4 is 31.6 Å². The molecule has 1 aromatic heterocycles. The van der Waals surface area contributed by atoms with Crippen molar-refractivity contribution in [2.75, 3.05) is 23.9 Å². The molecule has 0 aliphatic heterocycles. The summed E-state index contributed by atoms with van der Waals surface area (Å²) in [5.41, 5.74) is 0. The molecule has 0 atom stereocenters. The van der Waals surface area contributed by atoms with Crippen molar-refractivity contribution in [1.82, 2.24) is 9.97 Å². The standard InChI is InChI=1S/C7H10BrN3O2S/c1-14(12,13)3-2-10-7-6(8)4-9-5-11-7/h4-5H,2-3H2,1H3,(H,9,10,11). The number of nitrogens with one attached hydrogen (secondary N) is 1. The topological polar surface area (TPSA) is 72.0 Å². The van der Waals surface area contributed by atoms with Crippen LogP contribution in [0.1, 0.15) is 0 Å². The minimum Gasteiger partial charge on any atom is -0.368 e. The van der Waals surface area contributed by atoms with E-state index in [1.807, 2.05) is 0 Å². The fourth-order valence-electron chi connectivity index (χ4n) is 0.798. The molecule has 78 valence electrons. The molecule has 14 heavy (non-hydrogen) atoms. The van der Waals surface area contributed by atoms with Gasteiger partial charge in [0.25, 0.3) is 0 Å². The van der Waals surface area contributed by atoms with Crippen LogP contribution in [0.2, 0.25) is 0 Å². The molecule has 1 aromatic rings. The van der Waals surface area contributed by atoms with E-state index < -0.39 is 9.84 Å². The van der Waals surface area contributed by atoms with Crippen LogP contribution in [0.4, 0.5) is 5.82 Å². The molecule has 1 N–H and O–H groups in total. The second-order valence-electron chi connectivity index (χ2n) is 2.78. The van der Waals surface area contributed by atoms with Gasteiger partial charge in [-0.3, -0.25) is 0 Å². The van der Waals surface area contributed by atoms with Gasteiger partial charge in [0.2, 0.25) is 0 Å². The van der Waals surface area contributed by atoms with E-state index in [1.54, 1.807) is 6.20 Å². The zero-order valence-corrected chi connectivity index (χ0v) is 9.97. The van der Waals surface area contributed by atoms with Crippen LogP contribution in [0.5, 0.6) is 0 Å². The highest BCUT2D eigenvalue weighted by Gasteiger charge is 2.03. The Bertz CT molecular complexity index is 407. The molecule has 5 nitrogen and oxygen atoms in total. The molecule has 0 aromatic carbocycles. The van der Waals surface area contributed by atoms with Gasteiger partial charge in [-0.2, -0.15) is 0 Å². The lowest BCUT2D eigenvalue weighted by molar-refractivity contribution is 0.602. The number of rotatable bonds is 4. The van der Waals surface area contributed by atoms with E-state index in [0.717, 1.165) is 0 Å². The van der Waals surface area contributed by atoms with Gasteiger partial charge in [-0.25, -0.2) is 18.4 Å². The molecule has 0 saturated heterocycles. The molecule has 0 fully saturated rings. The minimum atomic E-state index is -2.93. The number of aromatic nitrogens is 2. The number of hydrogen-bond donors (Lipinski definition) is 1. The number of nitrogens with zero attached hydrogens (tertiary/aromatic N) is 2. The van der Waals surface area contributed by atoms with Gasteiger partial charge in [-0.05, 0) is 15.9 Å². The minimum absolute atomic E-state index is 0.0867. The van der Waals surface area contributed by atoms with Crippen LogP contribution in [0.3, 0.4) is 0 Å². The first kappa shape index (κ1) is 11.4. The van der Waals surface area contributed by atoms with Gasteiger partial charge in [0.1, 0.15) is 22.0 Å². The van der Waals surface area contributed by atoms with Crippen molar-refractivity contribution in [1.29, 1.82) is 0 Å². The molecule has 0 unspecified atom stereocenters. The Morgan fingerprint density at radius 1 is 1.57 bits per heavy atom. The quantitative estimate of drug-likeness (QED) is 0.878. The highest BCUT2D eigenvalue weighted by molar-refractivity contribution is 9.10. The van der Waals surface area contributed by atoms with Crippen LogP contribution >= 0.6 is 15.9 Å². The van der Waals surface area contributed by atoms with E-state index in [9.17, 15) is 8.42 Å². The van der Waals surface area contributed by atoms with Crippen molar-refractivity contribution in [3.05, 3.63) is 17.0 Å². The SMILES string of the molecule is CS(=O)(=O)CCNc1ncncc1Br. The van der Waals surface area contributed by atoms with Crippen LogP contribution in [0.15, 0.2) is 17.0 Å². The maximum atomic E-state index is 10.8. The van der Waals surface area contributed by atoms with Crippen molar-refractivity contribution in [3.8, 4) is 0 Å². The molecule has 1 rings (SSSR count). The van der Waals surface area contributed by atoms with Crippen molar-refractivity contribution in [2.24, 2.45) is 0 Å². The number of halogens is 1. The first-order valence-electron chi connectivity index (χ1n) is 3.86. The largest absolute Gasteiger partial charge is 0.368 e. The lowest BCUT2D eigenvalue weighted by atomic mass is 10.5. The van der Waals surface area contributed by atoms with Gasteiger partial charge in [0.15, 0.2) is 0 Å². The summed E-state index contributed by atoms with van der Waals surface area (Å²) in [7, 11) is -2.93. The van der Waals surface area contributed by atoms with Gasteiger partial charge < -0.3 is 5.32 Å². The average molecular weight is 280 g/mol. The van der Waals surface area contributed by atoms with E-state index in [0.29, 0.717) is 16.8 Å². The van der Waals surface area contributed by atoms with Crippen LogP contribution in [-0.4, -0.2) is 36.9 Å². The molecule has 0 amide bonds. The first-order chi connectivity index (χ1) is 6.49. The van der Waals surface area contributed by atoms with Gasteiger partial charge in [0.05, 0.1) is 10.2 Å². The first-order valence-corrected chi connectivity index (χ1v) is 6.71. The third kappa shape index (κ3) is 4.01. The van der Waals surface area contributed by atoms with Crippen LogP contribution < -0.4 is 5.32 Å². The fraction of sp³-hybridized carbons (Fsp3) is 0.429. The molecule has 0 saturated carbocycles. The number of sulfone groups is 1. The van der Waals surface area contributed by atoms with E-state index in [1.165, 1.54) is 12.6 Å². The smallest absolute Gasteiger partial charge is 0.149 e. The summed E-state index contributed by atoms with van der Waals surface area (Å²) in [4.78, 5) is 7.72. The summed E-state index contributed by atoms with van der Waals surface area (Å²) in [5, 5.41) is 2.89. The molecule has 0 aliphatic carbocycles. The van der Waals surface area contributed by atoms with Gasteiger partial charge in [-0.15, -0.1) is 0 Å². The van der Waals surface area contributed by atoms with Crippen LogP contribution in [0.25, 0.3) is 0 Å². The van der Waals surface area contributed by atoms with E-state index in [-0.39, 0.29) is 5.75 Å². The molecule has 0 spiro atoms. The summed E-state index contributed by atoms with van der Waals surface area (Å²) in [6, 6.07) is 0. The van der Waals surface area contributed by atoms with Crippen molar-refractivity contribution in [3.63, 3.8) is 0 Å². The third-order valence-corrected chi connectivity index (χ3v) is 2.96. The van der Waals surface area contributed by atoms with E-state index in [2.05, 4.69) is 31.2 Å². The second-order valence-corrected chi connectivity index (χ2v) is 5.89. The summed E-state index contributed by atoms with van der Waals surface area (Å²) < 4.78 is 22.4. The Balaban J connectivity index is 2.51. The lowest BCUT2D eigenvalue weighted by Gasteiger charge is -2.05. The van der Waals surface area contributed by atoms with Gasteiger partial charge >= 0.3 is 0 Å². The Kier molecular flexibility index (Phi) is 3.82. The highest BCUT2D eigenvalue weighted by Crippen LogP contribution is 2.16. The summed E-state index contributed by atoms with van der Waals surface area (Å²) in [5.74, 6) is 0.687. The highest BCUT2D eigenvalue weighted by atomic mass is 79.9. The zero-order valence-electron chi connectivity index (χ0n) is 7.57. The lowest BCUT2D eigenvalue weighted by Crippen LogP contribution is -2.15. The van der Waals surface area contributed by atoms with Crippen molar-refractivity contribution in [2.45, 2.75) is 0 Å². The molecule has 1 heterocycles. The fourth-order valence-corrected chi connectivity index (χ4v) is 1.63. The Morgan fingerprint density at radius 3 is 2.86 bits per heavy atom. The Hall–Kier alpha value is -0.690. The van der Waals surface area contributed by atoms with Crippen LogP contribution in [-0.2, 0) is 9.84 Å². The third-order valence-electron chi connectivity index (χ3n) is 1.43. The maximum Gasteiger partial charge on any atom is 0.149 e. The summed E-state index contributed by atoms with van der Waals surface area (Å²) >= 11 is 3.24. The van der Waals surface area contributed by atoms with Gasteiger partial charge in [-0.1, -0.05) is 0 Å². The Morgan fingerprint density at radius 2 is 2.29 bits per heavy atom. The Labute approximate surface area is 91.0 Å². The molecule has 0 radical (unpaired) electrons. The normalized spacial score (nSPS) is 11.3.